The normalized spacial score (nSPS) is 13.6. The Labute approximate surface area is 217 Å². The predicted octanol–water partition coefficient (Wildman–Crippen LogP) is 3.78. The van der Waals surface area contributed by atoms with E-state index in [1.165, 1.54) is 6.92 Å². The van der Waals surface area contributed by atoms with Gasteiger partial charge in [0.05, 0.1) is 17.8 Å². The summed E-state index contributed by atoms with van der Waals surface area (Å²) in [5.41, 5.74) is 6.14. The first-order valence-electron chi connectivity index (χ1n) is 12.0. The third kappa shape index (κ3) is 6.05. The van der Waals surface area contributed by atoms with Gasteiger partial charge in [0.2, 0.25) is 11.8 Å². The number of nitrogens with one attached hydrogen (secondary N) is 3. The number of nitrogens with zero attached hydrogens (tertiary/aromatic N) is 2. The molecule has 8 nitrogen and oxygen atoms in total. The lowest BCUT2D eigenvalue weighted by Crippen LogP contribution is -2.34. The molecule has 0 radical (unpaired) electrons. The maximum Gasteiger partial charge on any atom is 0.258 e. The molecule has 0 spiro atoms. The van der Waals surface area contributed by atoms with Crippen molar-refractivity contribution in [3.05, 3.63) is 89.5 Å². The summed E-state index contributed by atoms with van der Waals surface area (Å²) in [6.07, 6.45) is 0. The van der Waals surface area contributed by atoms with Crippen molar-refractivity contribution in [2.45, 2.75) is 13.5 Å². The third-order valence-electron chi connectivity index (χ3n) is 6.06. The fourth-order valence-corrected chi connectivity index (χ4v) is 4.09. The molecule has 8 heteroatoms. The Hall–Kier alpha value is -4.43. The van der Waals surface area contributed by atoms with Crippen molar-refractivity contribution in [3.8, 4) is 0 Å². The molecule has 0 aliphatic carbocycles. The first-order chi connectivity index (χ1) is 17.7. The van der Waals surface area contributed by atoms with Gasteiger partial charge in [0.25, 0.3) is 5.91 Å². The van der Waals surface area contributed by atoms with Crippen molar-refractivity contribution in [1.29, 1.82) is 0 Å². The number of likely N-dealkylation sites (N-methyl/N-ethyl adjacent to an activating group) is 2. The molecule has 0 saturated heterocycles. The van der Waals surface area contributed by atoms with Crippen LogP contribution in [0.2, 0.25) is 0 Å². The van der Waals surface area contributed by atoms with Crippen LogP contribution in [0.5, 0.6) is 0 Å². The summed E-state index contributed by atoms with van der Waals surface area (Å²) in [7, 11) is 5.47. The number of anilines is 3. The van der Waals surface area contributed by atoms with Crippen molar-refractivity contribution in [3.63, 3.8) is 0 Å². The molecule has 0 atom stereocenters. The van der Waals surface area contributed by atoms with Crippen LogP contribution in [0, 0.1) is 0 Å². The Balaban J connectivity index is 1.68. The van der Waals surface area contributed by atoms with Crippen LogP contribution in [0.4, 0.5) is 17.1 Å². The molecule has 0 bridgehead atoms. The van der Waals surface area contributed by atoms with E-state index in [0.717, 1.165) is 33.8 Å². The van der Waals surface area contributed by atoms with E-state index >= 15 is 0 Å². The maximum atomic E-state index is 13.1. The lowest BCUT2D eigenvalue weighted by atomic mass is 9.99. The third-order valence-corrected chi connectivity index (χ3v) is 6.06. The van der Waals surface area contributed by atoms with Crippen LogP contribution in [-0.4, -0.2) is 50.3 Å². The van der Waals surface area contributed by atoms with Gasteiger partial charge in [-0.1, -0.05) is 42.5 Å². The Morgan fingerprint density at radius 3 is 2.22 bits per heavy atom. The molecule has 0 unspecified atom stereocenters. The lowest BCUT2D eigenvalue weighted by Gasteiger charge is -2.20. The second-order valence-corrected chi connectivity index (χ2v) is 9.22. The quantitative estimate of drug-likeness (QED) is 0.412. The summed E-state index contributed by atoms with van der Waals surface area (Å²) >= 11 is 0. The van der Waals surface area contributed by atoms with Crippen LogP contribution < -0.4 is 20.9 Å². The van der Waals surface area contributed by atoms with Gasteiger partial charge >= 0.3 is 0 Å². The predicted molar refractivity (Wildman–Crippen MR) is 148 cm³/mol. The largest absolute Gasteiger partial charge is 0.354 e. The summed E-state index contributed by atoms with van der Waals surface area (Å²) in [5, 5.41) is 9.19. The molecule has 0 saturated carbocycles. The highest BCUT2D eigenvalue weighted by molar-refractivity contribution is 6.37. The zero-order valence-electron chi connectivity index (χ0n) is 21.5. The lowest BCUT2D eigenvalue weighted by molar-refractivity contribution is -0.119. The van der Waals surface area contributed by atoms with E-state index in [1.54, 1.807) is 11.9 Å². The number of amides is 3. The fourth-order valence-electron chi connectivity index (χ4n) is 4.09. The van der Waals surface area contributed by atoms with Crippen molar-refractivity contribution < 1.29 is 14.4 Å². The molecule has 0 aromatic heterocycles. The summed E-state index contributed by atoms with van der Waals surface area (Å²) < 4.78 is 0. The van der Waals surface area contributed by atoms with Gasteiger partial charge < -0.3 is 25.8 Å². The Kier molecular flexibility index (Phi) is 7.69. The van der Waals surface area contributed by atoms with Gasteiger partial charge in [-0.15, -0.1) is 0 Å². The van der Waals surface area contributed by atoms with Crippen molar-refractivity contribution >= 4 is 46.1 Å². The minimum Gasteiger partial charge on any atom is -0.354 e. The Bertz CT molecular complexity index is 1340. The van der Waals surface area contributed by atoms with Crippen molar-refractivity contribution in [1.82, 2.24) is 10.2 Å². The molecule has 3 N–H and O–H groups in total. The highest BCUT2D eigenvalue weighted by Gasteiger charge is 2.28. The number of rotatable bonds is 8. The molecule has 3 aromatic rings. The molecule has 1 aliphatic rings. The molecule has 0 fully saturated rings. The monoisotopic (exact) mass is 497 g/mol. The highest BCUT2D eigenvalue weighted by atomic mass is 16.2. The molecule has 1 aliphatic heterocycles. The standard InChI is InChI=1S/C29H31N5O3/c1-19(35)30-17-20-9-11-21(12-10-20)28(27-24-7-5-6-8-25(24)32-29(27)37)31-22-13-15-23(16-14-22)34(4)26(36)18-33(2)3/h5-16,31H,17-18H2,1-4H3,(H,30,35)(H,32,37). The van der Waals surface area contributed by atoms with Gasteiger partial charge in [-0.2, -0.15) is 0 Å². The van der Waals surface area contributed by atoms with E-state index in [4.69, 9.17) is 0 Å². The van der Waals surface area contributed by atoms with E-state index in [1.807, 2.05) is 91.8 Å². The second kappa shape index (κ2) is 11.1. The molecular weight excluding hydrogens is 466 g/mol. The van der Waals surface area contributed by atoms with Gasteiger partial charge in [-0.25, -0.2) is 0 Å². The minimum absolute atomic E-state index is 0.00731. The van der Waals surface area contributed by atoms with E-state index in [-0.39, 0.29) is 17.7 Å². The van der Waals surface area contributed by atoms with E-state index in [2.05, 4.69) is 16.0 Å². The van der Waals surface area contributed by atoms with Crippen molar-refractivity contribution in [2.24, 2.45) is 0 Å². The average Bonchev–Trinajstić information content (AvgIpc) is 3.21. The van der Waals surface area contributed by atoms with E-state index in [9.17, 15) is 14.4 Å². The molecule has 3 aromatic carbocycles. The Morgan fingerprint density at radius 1 is 0.892 bits per heavy atom. The number of fused-ring (bicyclic) bond motifs is 1. The molecular formula is C29H31N5O3. The van der Waals surface area contributed by atoms with E-state index < -0.39 is 0 Å². The van der Waals surface area contributed by atoms with Gasteiger partial charge in [-0.3, -0.25) is 14.4 Å². The number of benzene rings is 3. The van der Waals surface area contributed by atoms with Gasteiger partial charge in [0.1, 0.15) is 0 Å². The summed E-state index contributed by atoms with van der Waals surface area (Å²) in [5.74, 6) is -0.283. The maximum absolute atomic E-state index is 13.1. The topological polar surface area (TPSA) is 93.8 Å². The van der Waals surface area contributed by atoms with E-state index in [0.29, 0.717) is 24.4 Å². The molecule has 3 amide bonds. The summed E-state index contributed by atoms with van der Waals surface area (Å²) in [4.78, 5) is 40.2. The molecule has 37 heavy (non-hydrogen) atoms. The summed E-state index contributed by atoms with van der Waals surface area (Å²) in [6, 6.07) is 22.8. The van der Waals surface area contributed by atoms with Crippen LogP contribution in [0.15, 0.2) is 72.8 Å². The van der Waals surface area contributed by atoms with Gasteiger partial charge in [0.15, 0.2) is 0 Å². The minimum atomic E-state index is -0.184. The Morgan fingerprint density at radius 2 is 1.57 bits per heavy atom. The number of carbonyl (C=O) groups is 3. The van der Waals surface area contributed by atoms with Crippen LogP contribution in [0.3, 0.4) is 0 Å². The van der Waals surface area contributed by atoms with Crippen LogP contribution >= 0.6 is 0 Å². The average molecular weight is 498 g/mol. The number of hydrogen-bond acceptors (Lipinski definition) is 5. The number of hydrogen-bond donors (Lipinski definition) is 3. The van der Waals surface area contributed by atoms with Crippen LogP contribution in [-0.2, 0) is 20.9 Å². The molecule has 1 heterocycles. The zero-order chi connectivity index (χ0) is 26.5. The second-order valence-electron chi connectivity index (χ2n) is 9.22. The number of carbonyl (C=O) groups excluding carboxylic acids is 3. The SMILES string of the molecule is CC(=O)NCc1ccc(C(Nc2ccc(N(C)C(=O)CN(C)C)cc2)=C2C(=O)Nc3ccccc32)cc1. The smallest absolute Gasteiger partial charge is 0.258 e. The summed E-state index contributed by atoms with van der Waals surface area (Å²) in [6.45, 7) is 2.23. The molecule has 190 valence electrons. The zero-order valence-corrected chi connectivity index (χ0v) is 21.5. The first kappa shape index (κ1) is 25.7. The van der Waals surface area contributed by atoms with Gasteiger partial charge in [-0.05, 0) is 55.6 Å². The molecule has 4 rings (SSSR count). The highest BCUT2D eigenvalue weighted by Crippen LogP contribution is 2.37. The first-order valence-corrected chi connectivity index (χ1v) is 12.0. The fraction of sp³-hybridized carbons (Fsp3) is 0.207. The van der Waals surface area contributed by atoms with Crippen molar-refractivity contribution in [2.75, 3.05) is 43.2 Å². The van der Waals surface area contributed by atoms with Crippen LogP contribution in [0.1, 0.15) is 23.6 Å². The van der Waals surface area contributed by atoms with Gasteiger partial charge in [0, 0.05) is 43.1 Å². The number of para-hydroxylation sites is 1. The van der Waals surface area contributed by atoms with Crippen LogP contribution in [0.25, 0.3) is 11.3 Å².